The van der Waals surface area contributed by atoms with E-state index >= 15 is 0 Å². The van der Waals surface area contributed by atoms with Crippen molar-refractivity contribution in [3.8, 4) is 5.75 Å². The lowest BCUT2D eigenvalue weighted by molar-refractivity contribution is 0.480. The molecule has 0 radical (unpaired) electrons. The standard InChI is InChI=1S/C17H13NO2/c1-9-10(2)17(20)18-15-11(9)5-3-6-12(15)13-7-4-8-14(19)16(13)18/h3-8,19H,1-2H3. The molecule has 4 rings (SSSR count). The van der Waals surface area contributed by atoms with Crippen LogP contribution in [0.2, 0.25) is 0 Å². The molecule has 4 aromatic rings. The van der Waals surface area contributed by atoms with Gasteiger partial charge in [0.25, 0.3) is 5.56 Å². The predicted octanol–water partition coefficient (Wildman–Crippen LogP) is 3.37. The van der Waals surface area contributed by atoms with Crippen LogP contribution in [-0.2, 0) is 0 Å². The molecule has 0 aliphatic carbocycles. The van der Waals surface area contributed by atoms with E-state index in [-0.39, 0.29) is 11.3 Å². The summed E-state index contributed by atoms with van der Waals surface area (Å²) in [5.74, 6) is 0.144. The van der Waals surface area contributed by atoms with Crippen LogP contribution in [0.15, 0.2) is 41.2 Å². The van der Waals surface area contributed by atoms with Crippen LogP contribution >= 0.6 is 0 Å². The van der Waals surface area contributed by atoms with E-state index in [2.05, 4.69) is 0 Å². The highest BCUT2D eigenvalue weighted by Gasteiger charge is 2.18. The fourth-order valence-electron chi connectivity index (χ4n) is 3.13. The Labute approximate surface area is 115 Å². The highest BCUT2D eigenvalue weighted by molar-refractivity contribution is 6.15. The minimum Gasteiger partial charge on any atom is -0.506 e. The molecule has 1 N–H and O–H groups in total. The minimum atomic E-state index is -0.0531. The van der Waals surface area contributed by atoms with E-state index in [0.29, 0.717) is 5.52 Å². The first-order chi connectivity index (χ1) is 9.61. The van der Waals surface area contributed by atoms with Crippen LogP contribution in [0.5, 0.6) is 5.75 Å². The van der Waals surface area contributed by atoms with Crippen LogP contribution in [0.3, 0.4) is 0 Å². The average molecular weight is 263 g/mol. The summed E-state index contributed by atoms with van der Waals surface area (Å²) in [7, 11) is 0. The van der Waals surface area contributed by atoms with Crippen LogP contribution in [0, 0.1) is 13.8 Å². The third kappa shape index (κ3) is 1.13. The summed E-state index contributed by atoms with van der Waals surface area (Å²) in [6.45, 7) is 3.81. The number of fused-ring (bicyclic) bond motifs is 3. The van der Waals surface area contributed by atoms with Crippen molar-refractivity contribution in [3.05, 3.63) is 57.9 Å². The molecule has 2 heterocycles. The van der Waals surface area contributed by atoms with Crippen molar-refractivity contribution < 1.29 is 5.11 Å². The first-order valence-electron chi connectivity index (χ1n) is 6.59. The predicted molar refractivity (Wildman–Crippen MR) is 81.0 cm³/mol. The lowest BCUT2D eigenvalue weighted by Crippen LogP contribution is -2.16. The van der Waals surface area contributed by atoms with Crippen molar-refractivity contribution in [2.24, 2.45) is 0 Å². The van der Waals surface area contributed by atoms with Gasteiger partial charge in [-0.25, -0.2) is 0 Å². The van der Waals surface area contributed by atoms with Crippen LogP contribution in [0.25, 0.3) is 27.2 Å². The number of phenols is 1. The maximum Gasteiger partial charge on any atom is 0.258 e. The Bertz CT molecular complexity index is 1040. The average Bonchev–Trinajstić information content (AvgIpc) is 2.80. The lowest BCUT2D eigenvalue weighted by atomic mass is 10.0. The molecule has 0 saturated carbocycles. The Hall–Kier alpha value is -2.55. The number of para-hydroxylation sites is 2. The monoisotopic (exact) mass is 263 g/mol. The number of pyridine rings is 1. The zero-order valence-electron chi connectivity index (χ0n) is 11.3. The highest BCUT2D eigenvalue weighted by Crippen LogP contribution is 2.36. The topological polar surface area (TPSA) is 41.7 Å². The molecule has 2 aromatic carbocycles. The molecule has 0 atom stereocenters. The summed E-state index contributed by atoms with van der Waals surface area (Å²) in [5, 5.41) is 13.2. The van der Waals surface area contributed by atoms with E-state index in [9.17, 15) is 9.90 Å². The van der Waals surface area contributed by atoms with E-state index in [1.165, 1.54) is 0 Å². The largest absolute Gasteiger partial charge is 0.506 e. The summed E-state index contributed by atoms with van der Waals surface area (Å²) in [4.78, 5) is 12.6. The Balaban J connectivity index is 2.56. The number of aryl methyl sites for hydroxylation is 1. The smallest absolute Gasteiger partial charge is 0.258 e. The summed E-state index contributed by atoms with van der Waals surface area (Å²) >= 11 is 0. The van der Waals surface area contributed by atoms with Gasteiger partial charge in [0, 0.05) is 21.7 Å². The van der Waals surface area contributed by atoms with E-state index in [0.717, 1.165) is 32.8 Å². The second-order valence-corrected chi connectivity index (χ2v) is 5.27. The molecule has 0 saturated heterocycles. The minimum absolute atomic E-state index is 0.0531. The number of aromatic hydroxyl groups is 1. The van der Waals surface area contributed by atoms with Gasteiger partial charge in [-0.2, -0.15) is 0 Å². The summed E-state index contributed by atoms with van der Waals surface area (Å²) in [5.41, 5.74) is 3.19. The molecule has 0 fully saturated rings. The number of hydrogen-bond acceptors (Lipinski definition) is 2. The van der Waals surface area contributed by atoms with Gasteiger partial charge in [-0.1, -0.05) is 30.3 Å². The SMILES string of the molecule is Cc1c(C)c2cccc3c4cccc(O)c4n(c1=O)c23. The Morgan fingerprint density at radius 1 is 0.850 bits per heavy atom. The van der Waals surface area contributed by atoms with Gasteiger partial charge in [0.05, 0.1) is 11.0 Å². The second-order valence-electron chi connectivity index (χ2n) is 5.27. The molecule has 3 nitrogen and oxygen atoms in total. The van der Waals surface area contributed by atoms with Gasteiger partial charge in [0.1, 0.15) is 5.75 Å². The summed E-state index contributed by atoms with van der Waals surface area (Å²) in [6.07, 6.45) is 0. The van der Waals surface area contributed by atoms with Crippen molar-refractivity contribution >= 4 is 27.2 Å². The zero-order chi connectivity index (χ0) is 14.0. The lowest BCUT2D eigenvalue weighted by Gasteiger charge is -2.07. The molecule has 0 bridgehead atoms. The second kappa shape index (κ2) is 3.51. The molecule has 98 valence electrons. The van der Waals surface area contributed by atoms with E-state index in [4.69, 9.17) is 0 Å². The van der Waals surface area contributed by atoms with Gasteiger partial charge in [-0.05, 0) is 25.5 Å². The molecule has 0 unspecified atom stereocenters. The van der Waals surface area contributed by atoms with Crippen molar-refractivity contribution in [1.82, 2.24) is 4.40 Å². The van der Waals surface area contributed by atoms with Gasteiger partial charge >= 0.3 is 0 Å². The van der Waals surface area contributed by atoms with Gasteiger partial charge in [0.2, 0.25) is 0 Å². The molecule has 20 heavy (non-hydrogen) atoms. The van der Waals surface area contributed by atoms with Crippen molar-refractivity contribution in [1.29, 1.82) is 0 Å². The third-order valence-electron chi connectivity index (χ3n) is 4.28. The van der Waals surface area contributed by atoms with E-state index in [1.54, 1.807) is 10.5 Å². The fraction of sp³-hybridized carbons (Fsp3) is 0.118. The van der Waals surface area contributed by atoms with Crippen LogP contribution < -0.4 is 5.56 Å². The number of benzene rings is 2. The first kappa shape index (κ1) is 11.3. The van der Waals surface area contributed by atoms with Gasteiger partial charge in [-0.15, -0.1) is 0 Å². The maximum absolute atomic E-state index is 12.6. The molecule has 0 aliphatic rings. The number of rotatable bonds is 0. The normalized spacial score (nSPS) is 11.9. The van der Waals surface area contributed by atoms with Crippen LogP contribution in [0.1, 0.15) is 11.1 Å². The number of aromatic nitrogens is 1. The van der Waals surface area contributed by atoms with Gasteiger partial charge < -0.3 is 5.11 Å². The molecule has 0 spiro atoms. The van der Waals surface area contributed by atoms with Crippen LogP contribution in [0.4, 0.5) is 0 Å². The van der Waals surface area contributed by atoms with Crippen LogP contribution in [-0.4, -0.2) is 9.51 Å². The molecule has 0 aliphatic heterocycles. The van der Waals surface area contributed by atoms with E-state index in [1.807, 2.05) is 44.2 Å². The van der Waals surface area contributed by atoms with Crippen molar-refractivity contribution in [2.75, 3.05) is 0 Å². The zero-order valence-corrected chi connectivity index (χ0v) is 11.3. The van der Waals surface area contributed by atoms with E-state index < -0.39 is 0 Å². The molecule has 3 heteroatoms. The van der Waals surface area contributed by atoms with Gasteiger partial charge in [-0.3, -0.25) is 9.20 Å². The molecule has 0 amide bonds. The third-order valence-corrected chi connectivity index (χ3v) is 4.28. The maximum atomic E-state index is 12.6. The molecule has 2 aromatic heterocycles. The Kier molecular flexibility index (Phi) is 1.98. The highest BCUT2D eigenvalue weighted by atomic mass is 16.3. The quantitative estimate of drug-likeness (QED) is 0.528. The van der Waals surface area contributed by atoms with Crippen molar-refractivity contribution in [3.63, 3.8) is 0 Å². The Morgan fingerprint density at radius 3 is 2.20 bits per heavy atom. The molecular weight excluding hydrogens is 250 g/mol. The summed E-state index contributed by atoms with van der Waals surface area (Å²) < 4.78 is 1.65. The summed E-state index contributed by atoms with van der Waals surface area (Å²) in [6, 6.07) is 11.4. The number of phenolic OH excluding ortho intramolecular Hbond substituents is 1. The number of nitrogens with zero attached hydrogens (tertiary/aromatic N) is 1. The Morgan fingerprint density at radius 2 is 1.45 bits per heavy atom. The number of hydrogen-bond donors (Lipinski definition) is 1. The fourth-order valence-corrected chi connectivity index (χ4v) is 3.13. The first-order valence-corrected chi connectivity index (χ1v) is 6.59. The van der Waals surface area contributed by atoms with Gasteiger partial charge in [0.15, 0.2) is 0 Å². The van der Waals surface area contributed by atoms with Crippen molar-refractivity contribution in [2.45, 2.75) is 13.8 Å². The molecular formula is C17H13NO2.